The summed E-state index contributed by atoms with van der Waals surface area (Å²) in [5.41, 5.74) is 0.0150. The van der Waals surface area contributed by atoms with Crippen molar-refractivity contribution in [2.75, 3.05) is 0 Å². The first-order valence-electron chi connectivity index (χ1n) is 6.39. The van der Waals surface area contributed by atoms with Gasteiger partial charge in [-0.25, -0.2) is 0 Å². The minimum atomic E-state index is -0.639. The third-order valence-electron chi connectivity index (χ3n) is 3.85. The van der Waals surface area contributed by atoms with E-state index in [2.05, 4.69) is 41.5 Å². The average molecular weight is 228 g/mol. The Morgan fingerprint density at radius 3 is 2.00 bits per heavy atom. The van der Waals surface area contributed by atoms with E-state index in [1.54, 1.807) is 0 Å². The maximum Gasteiger partial charge on any atom is 0.307 e. The molecule has 1 atom stereocenters. The molecule has 1 N–H and O–H groups in total. The van der Waals surface area contributed by atoms with Gasteiger partial charge in [0.15, 0.2) is 0 Å². The lowest BCUT2D eigenvalue weighted by molar-refractivity contribution is -0.147. The zero-order valence-corrected chi connectivity index (χ0v) is 11.8. The van der Waals surface area contributed by atoms with Gasteiger partial charge in [0.1, 0.15) is 0 Å². The van der Waals surface area contributed by atoms with Gasteiger partial charge in [0.25, 0.3) is 0 Å². The van der Waals surface area contributed by atoms with Crippen LogP contribution >= 0.6 is 0 Å². The zero-order chi connectivity index (χ0) is 13.0. The molecule has 0 spiro atoms. The summed E-state index contributed by atoms with van der Waals surface area (Å²) in [4.78, 5) is 11.4. The van der Waals surface area contributed by atoms with Gasteiger partial charge in [-0.15, -0.1) is 0 Å². The van der Waals surface area contributed by atoms with Crippen LogP contribution in [-0.2, 0) is 4.79 Å². The van der Waals surface area contributed by atoms with Crippen LogP contribution in [-0.4, -0.2) is 11.1 Å². The van der Waals surface area contributed by atoms with Crippen LogP contribution < -0.4 is 0 Å². The monoisotopic (exact) mass is 228 g/mol. The molecule has 0 bridgehead atoms. The Kier molecular flexibility index (Phi) is 5.51. The maximum absolute atomic E-state index is 11.4. The molecule has 2 heteroatoms. The van der Waals surface area contributed by atoms with Crippen LogP contribution in [0.3, 0.4) is 0 Å². The second kappa shape index (κ2) is 5.70. The summed E-state index contributed by atoms with van der Waals surface area (Å²) in [6, 6.07) is 0. The number of hydrogen-bond acceptors (Lipinski definition) is 1. The van der Waals surface area contributed by atoms with Gasteiger partial charge in [-0.3, -0.25) is 4.79 Å². The van der Waals surface area contributed by atoms with Gasteiger partial charge in [0.05, 0.1) is 5.92 Å². The van der Waals surface area contributed by atoms with Crippen molar-refractivity contribution in [1.82, 2.24) is 0 Å². The summed E-state index contributed by atoms with van der Waals surface area (Å²) in [5, 5.41) is 9.39. The molecule has 1 unspecified atom stereocenters. The molecule has 0 rings (SSSR count). The van der Waals surface area contributed by atoms with Gasteiger partial charge >= 0.3 is 5.97 Å². The standard InChI is InChI=1S/C14H28O2/c1-7-9-14(5,6)11(12(15)16)10-13(3,4)8-2/h11H,7-10H2,1-6H3,(H,15,16). The molecule has 0 aliphatic carbocycles. The zero-order valence-electron chi connectivity index (χ0n) is 11.8. The quantitative estimate of drug-likeness (QED) is 0.703. The highest BCUT2D eigenvalue weighted by atomic mass is 16.4. The van der Waals surface area contributed by atoms with Crippen LogP contribution in [0.25, 0.3) is 0 Å². The topological polar surface area (TPSA) is 37.3 Å². The van der Waals surface area contributed by atoms with Crippen molar-refractivity contribution >= 4 is 5.97 Å². The van der Waals surface area contributed by atoms with Crippen molar-refractivity contribution in [3.63, 3.8) is 0 Å². The predicted molar refractivity (Wildman–Crippen MR) is 68.5 cm³/mol. The molecule has 0 aromatic heterocycles. The molecule has 16 heavy (non-hydrogen) atoms. The SMILES string of the molecule is CCCC(C)(C)C(CC(C)(C)CC)C(=O)O. The second-order valence-electron chi connectivity index (χ2n) is 6.35. The van der Waals surface area contributed by atoms with E-state index in [4.69, 9.17) is 0 Å². The molecule has 0 heterocycles. The molecule has 0 amide bonds. The van der Waals surface area contributed by atoms with Gasteiger partial charge in [0.2, 0.25) is 0 Å². The van der Waals surface area contributed by atoms with E-state index in [-0.39, 0.29) is 16.7 Å². The second-order valence-corrected chi connectivity index (χ2v) is 6.35. The lowest BCUT2D eigenvalue weighted by atomic mass is 9.68. The first-order chi connectivity index (χ1) is 7.16. The average Bonchev–Trinajstić information content (AvgIpc) is 2.13. The molecule has 0 saturated carbocycles. The smallest absolute Gasteiger partial charge is 0.307 e. The van der Waals surface area contributed by atoms with E-state index >= 15 is 0 Å². The van der Waals surface area contributed by atoms with Crippen LogP contribution in [0.2, 0.25) is 0 Å². The van der Waals surface area contributed by atoms with Crippen molar-refractivity contribution in [2.45, 2.75) is 67.2 Å². The molecule has 0 fully saturated rings. The van der Waals surface area contributed by atoms with E-state index < -0.39 is 5.97 Å². The molecule has 0 radical (unpaired) electrons. The Bertz CT molecular complexity index is 229. The fourth-order valence-corrected chi connectivity index (χ4v) is 2.21. The maximum atomic E-state index is 11.4. The Morgan fingerprint density at radius 1 is 1.19 bits per heavy atom. The van der Waals surface area contributed by atoms with Crippen molar-refractivity contribution in [3.05, 3.63) is 0 Å². The van der Waals surface area contributed by atoms with Crippen LogP contribution in [0.1, 0.15) is 67.2 Å². The predicted octanol–water partition coefficient (Wildman–Crippen LogP) is 4.34. The number of hydrogen-bond donors (Lipinski definition) is 1. The molecular formula is C14H28O2. The van der Waals surface area contributed by atoms with E-state index in [0.717, 1.165) is 25.7 Å². The number of rotatable bonds is 7. The molecule has 0 saturated heterocycles. The van der Waals surface area contributed by atoms with E-state index in [1.165, 1.54) is 0 Å². The van der Waals surface area contributed by atoms with Gasteiger partial charge in [-0.1, -0.05) is 54.4 Å². The Labute approximate surface area is 100 Å². The minimum Gasteiger partial charge on any atom is -0.481 e. The molecule has 0 aromatic carbocycles. The molecule has 0 aliphatic heterocycles. The van der Waals surface area contributed by atoms with Gasteiger partial charge in [-0.05, 0) is 23.7 Å². The first-order valence-corrected chi connectivity index (χ1v) is 6.39. The fraction of sp³-hybridized carbons (Fsp3) is 0.929. The van der Waals surface area contributed by atoms with Crippen LogP contribution in [0.5, 0.6) is 0 Å². The number of carbonyl (C=O) groups is 1. The Hall–Kier alpha value is -0.530. The Balaban J connectivity index is 4.82. The molecule has 96 valence electrons. The molecular weight excluding hydrogens is 200 g/mol. The van der Waals surface area contributed by atoms with Gasteiger partial charge in [-0.2, -0.15) is 0 Å². The van der Waals surface area contributed by atoms with Crippen molar-refractivity contribution < 1.29 is 9.90 Å². The normalized spacial score (nSPS) is 14.9. The minimum absolute atomic E-state index is 0.104. The summed E-state index contributed by atoms with van der Waals surface area (Å²) >= 11 is 0. The number of aliphatic carboxylic acids is 1. The fourth-order valence-electron chi connectivity index (χ4n) is 2.21. The van der Waals surface area contributed by atoms with Crippen LogP contribution in [0.15, 0.2) is 0 Å². The largest absolute Gasteiger partial charge is 0.481 e. The summed E-state index contributed by atoms with van der Waals surface area (Å²) < 4.78 is 0. The number of carboxylic acids is 1. The van der Waals surface area contributed by atoms with E-state index in [0.29, 0.717) is 0 Å². The van der Waals surface area contributed by atoms with Gasteiger partial charge in [0, 0.05) is 0 Å². The highest BCUT2D eigenvalue weighted by Gasteiger charge is 2.37. The van der Waals surface area contributed by atoms with Crippen molar-refractivity contribution in [1.29, 1.82) is 0 Å². The summed E-state index contributed by atoms with van der Waals surface area (Å²) in [7, 11) is 0. The molecule has 2 nitrogen and oxygen atoms in total. The lowest BCUT2D eigenvalue weighted by Crippen LogP contribution is -2.34. The van der Waals surface area contributed by atoms with Crippen molar-refractivity contribution in [3.8, 4) is 0 Å². The van der Waals surface area contributed by atoms with Crippen LogP contribution in [0.4, 0.5) is 0 Å². The molecule has 0 aromatic rings. The van der Waals surface area contributed by atoms with E-state index in [9.17, 15) is 9.90 Å². The van der Waals surface area contributed by atoms with Crippen LogP contribution in [0, 0.1) is 16.7 Å². The Morgan fingerprint density at radius 2 is 1.69 bits per heavy atom. The lowest BCUT2D eigenvalue weighted by Gasteiger charge is -2.36. The summed E-state index contributed by atoms with van der Waals surface area (Å²) in [6.45, 7) is 12.7. The first kappa shape index (κ1) is 15.5. The third-order valence-corrected chi connectivity index (χ3v) is 3.85. The highest BCUT2D eigenvalue weighted by molar-refractivity contribution is 5.71. The third kappa shape index (κ3) is 4.54. The van der Waals surface area contributed by atoms with Crippen molar-refractivity contribution in [2.24, 2.45) is 16.7 Å². The summed E-state index contributed by atoms with van der Waals surface area (Å²) in [5.74, 6) is -0.873. The molecule has 0 aliphatic rings. The highest BCUT2D eigenvalue weighted by Crippen LogP contribution is 2.40. The van der Waals surface area contributed by atoms with Gasteiger partial charge < -0.3 is 5.11 Å². The summed E-state index contributed by atoms with van der Waals surface area (Å²) in [6.07, 6.45) is 3.82. The number of carboxylic acid groups (broad SMARTS) is 1. The van der Waals surface area contributed by atoms with E-state index in [1.807, 2.05) is 0 Å².